The molecule has 2 aromatic rings. The largest absolute Gasteiger partial charge is 0.505 e. The normalized spacial score (nSPS) is 20.7. The highest BCUT2D eigenvalue weighted by Crippen LogP contribution is 2.43. The standard InChI is InChI=1S/C15H17FN2OS/c1-15(2)6-10(17)13-11(7-15)18-14(20-13)8-3-4-12(19)9(16)5-8/h3-5,10,19H,6-7,17H2,1-2H3. The molecule has 5 heteroatoms. The van der Waals surface area contributed by atoms with E-state index in [1.54, 1.807) is 6.07 Å². The minimum Gasteiger partial charge on any atom is -0.505 e. The zero-order valence-electron chi connectivity index (χ0n) is 11.5. The van der Waals surface area contributed by atoms with Crippen LogP contribution in [0.1, 0.15) is 36.9 Å². The number of benzene rings is 1. The molecule has 0 bridgehead atoms. The number of phenolic OH excluding ortho intramolecular Hbond substituents is 1. The lowest BCUT2D eigenvalue weighted by Crippen LogP contribution is -2.28. The number of fused-ring (bicyclic) bond motifs is 1. The average Bonchev–Trinajstić information content (AvgIpc) is 2.75. The fourth-order valence-corrected chi connectivity index (χ4v) is 3.84. The van der Waals surface area contributed by atoms with Crippen molar-refractivity contribution < 1.29 is 9.50 Å². The van der Waals surface area contributed by atoms with E-state index >= 15 is 0 Å². The topological polar surface area (TPSA) is 59.1 Å². The van der Waals surface area contributed by atoms with Crippen LogP contribution in [0.25, 0.3) is 10.6 Å². The number of hydrogen-bond donors (Lipinski definition) is 2. The Balaban J connectivity index is 2.03. The van der Waals surface area contributed by atoms with Crippen LogP contribution in [-0.2, 0) is 6.42 Å². The summed E-state index contributed by atoms with van der Waals surface area (Å²) in [6.45, 7) is 4.38. The van der Waals surface area contributed by atoms with Gasteiger partial charge in [-0.1, -0.05) is 13.8 Å². The van der Waals surface area contributed by atoms with E-state index in [0.717, 1.165) is 28.4 Å². The maximum absolute atomic E-state index is 13.5. The van der Waals surface area contributed by atoms with Gasteiger partial charge in [0.1, 0.15) is 5.01 Å². The number of rotatable bonds is 1. The van der Waals surface area contributed by atoms with Crippen molar-refractivity contribution in [1.29, 1.82) is 0 Å². The lowest BCUT2D eigenvalue weighted by molar-refractivity contribution is 0.282. The van der Waals surface area contributed by atoms with Crippen LogP contribution in [-0.4, -0.2) is 10.1 Å². The molecule has 0 aliphatic heterocycles. The molecule has 106 valence electrons. The van der Waals surface area contributed by atoms with Gasteiger partial charge in [0, 0.05) is 16.5 Å². The van der Waals surface area contributed by atoms with Gasteiger partial charge in [0.25, 0.3) is 0 Å². The maximum atomic E-state index is 13.5. The van der Waals surface area contributed by atoms with E-state index in [-0.39, 0.29) is 17.2 Å². The van der Waals surface area contributed by atoms with Gasteiger partial charge in [0.2, 0.25) is 0 Å². The van der Waals surface area contributed by atoms with Gasteiger partial charge in [-0.2, -0.15) is 0 Å². The molecule has 1 heterocycles. The molecule has 1 aliphatic rings. The number of hydrogen-bond acceptors (Lipinski definition) is 4. The van der Waals surface area contributed by atoms with Gasteiger partial charge in [-0.25, -0.2) is 9.37 Å². The average molecular weight is 292 g/mol. The lowest BCUT2D eigenvalue weighted by atomic mass is 9.77. The summed E-state index contributed by atoms with van der Waals surface area (Å²) in [6, 6.07) is 4.35. The molecule has 1 unspecified atom stereocenters. The van der Waals surface area contributed by atoms with Crippen molar-refractivity contribution >= 4 is 11.3 Å². The van der Waals surface area contributed by atoms with E-state index in [4.69, 9.17) is 5.73 Å². The fourth-order valence-electron chi connectivity index (χ4n) is 2.76. The quantitative estimate of drug-likeness (QED) is 0.844. The van der Waals surface area contributed by atoms with E-state index < -0.39 is 5.82 Å². The summed E-state index contributed by atoms with van der Waals surface area (Å²) in [7, 11) is 0. The molecule has 1 aromatic carbocycles. The Hall–Kier alpha value is -1.46. The van der Waals surface area contributed by atoms with E-state index in [9.17, 15) is 9.50 Å². The summed E-state index contributed by atoms with van der Waals surface area (Å²) in [4.78, 5) is 5.73. The molecule has 0 saturated heterocycles. The van der Waals surface area contributed by atoms with Gasteiger partial charge in [-0.15, -0.1) is 11.3 Å². The van der Waals surface area contributed by atoms with E-state index in [1.807, 2.05) is 0 Å². The van der Waals surface area contributed by atoms with Crippen LogP contribution >= 0.6 is 11.3 Å². The summed E-state index contributed by atoms with van der Waals surface area (Å²) in [6.07, 6.45) is 1.83. The Morgan fingerprint density at radius 1 is 1.45 bits per heavy atom. The van der Waals surface area contributed by atoms with E-state index in [0.29, 0.717) is 5.56 Å². The predicted octanol–water partition coefficient (Wildman–Crippen LogP) is 3.63. The maximum Gasteiger partial charge on any atom is 0.165 e. The van der Waals surface area contributed by atoms with Crippen LogP contribution in [0.15, 0.2) is 18.2 Å². The minimum atomic E-state index is -0.625. The Morgan fingerprint density at radius 2 is 2.20 bits per heavy atom. The van der Waals surface area contributed by atoms with Gasteiger partial charge in [-0.05, 0) is 36.5 Å². The van der Waals surface area contributed by atoms with Crippen LogP contribution in [0.4, 0.5) is 4.39 Å². The van der Waals surface area contributed by atoms with Gasteiger partial charge < -0.3 is 10.8 Å². The first-order valence-corrected chi connectivity index (χ1v) is 7.41. The zero-order valence-corrected chi connectivity index (χ0v) is 12.3. The molecule has 0 fully saturated rings. The van der Waals surface area contributed by atoms with Crippen molar-refractivity contribution in [2.75, 3.05) is 0 Å². The van der Waals surface area contributed by atoms with Gasteiger partial charge in [0.05, 0.1) is 5.69 Å². The fraction of sp³-hybridized carbons (Fsp3) is 0.400. The highest BCUT2D eigenvalue weighted by atomic mass is 32.1. The van der Waals surface area contributed by atoms with Crippen molar-refractivity contribution in [1.82, 2.24) is 4.98 Å². The molecule has 1 aromatic heterocycles. The third-order valence-electron chi connectivity index (χ3n) is 3.68. The smallest absolute Gasteiger partial charge is 0.165 e. The van der Waals surface area contributed by atoms with Crippen molar-refractivity contribution in [3.8, 4) is 16.3 Å². The van der Waals surface area contributed by atoms with Crippen LogP contribution in [0.2, 0.25) is 0 Å². The molecular formula is C15H17FN2OS. The highest BCUT2D eigenvalue weighted by Gasteiger charge is 2.33. The number of aromatic hydroxyl groups is 1. The molecule has 0 spiro atoms. The molecule has 3 nitrogen and oxygen atoms in total. The van der Waals surface area contributed by atoms with E-state index in [2.05, 4.69) is 18.8 Å². The first kappa shape index (κ1) is 13.5. The molecule has 20 heavy (non-hydrogen) atoms. The monoisotopic (exact) mass is 292 g/mol. The predicted molar refractivity (Wildman–Crippen MR) is 78.2 cm³/mol. The van der Waals surface area contributed by atoms with Crippen molar-refractivity contribution in [2.45, 2.75) is 32.7 Å². The molecule has 3 rings (SSSR count). The second-order valence-electron chi connectivity index (χ2n) is 6.15. The summed E-state index contributed by atoms with van der Waals surface area (Å²) in [5.41, 5.74) is 8.09. The summed E-state index contributed by atoms with van der Waals surface area (Å²) in [5.74, 6) is -0.965. The molecule has 1 atom stereocenters. The summed E-state index contributed by atoms with van der Waals surface area (Å²) >= 11 is 1.53. The summed E-state index contributed by atoms with van der Waals surface area (Å²) in [5, 5.41) is 10.0. The number of aromatic nitrogens is 1. The molecule has 1 aliphatic carbocycles. The Bertz CT molecular complexity index is 666. The number of halogens is 1. The Labute approximate surface area is 121 Å². The van der Waals surface area contributed by atoms with Gasteiger partial charge in [0.15, 0.2) is 11.6 Å². The number of phenols is 1. The third kappa shape index (κ3) is 2.31. The number of thiazole rings is 1. The van der Waals surface area contributed by atoms with Crippen LogP contribution in [0, 0.1) is 11.2 Å². The molecule has 0 radical (unpaired) electrons. The van der Waals surface area contributed by atoms with Gasteiger partial charge in [-0.3, -0.25) is 0 Å². The van der Waals surface area contributed by atoms with Crippen molar-refractivity contribution in [2.24, 2.45) is 11.1 Å². The van der Waals surface area contributed by atoms with Crippen LogP contribution < -0.4 is 5.73 Å². The summed E-state index contributed by atoms with van der Waals surface area (Å²) < 4.78 is 13.5. The first-order chi connectivity index (χ1) is 9.35. The lowest BCUT2D eigenvalue weighted by Gasteiger charge is -2.32. The minimum absolute atomic E-state index is 0.00182. The van der Waals surface area contributed by atoms with Gasteiger partial charge >= 0.3 is 0 Å². The third-order valence-corrected chi connectivity index (χ3v) is 4.96. The van der Waals surface area contributed by atoms with Crippen molar-refractivity contribution in [3.63, 3.8) is 0 Å². The molecular weight excluding hydrogens is 275 g/mol. The highest BCUT2D eigenvalue weighted by molar-refractivity contribution is 7.15. The number of nitrogens with zero attached hydrogens (tertiary/aromatic N) is 1. The van der Waals surface area contributed by atoms with Crippen molar-refractivity contribution in [3.05, 3.63) is 34.6 Å². The first-order valence-electron chi connectivity index (χ1n) is 6.60. The SMILES string of the molecule is CC1(C)Cc2nc(-c3ccc(O)c(F)c3)sc2C(N)C1. The molecule has 0 amide bonds. The molecule has 3 N–H and O–H groups in total. The number of nitrogens with two attached hydrogens (primary N) is 1. The van der Waals surface area contributed by atoms with Crippen LogP contribution in [0.5, 0.6) is 5.75 Å². The second-order valence-corrected chi connectivity index (χ2v) is 7.18. The molecule has 0 saturated carbocycles. The van der Waals surface area contributed by atoms with E-state index in [1.165, 1.54) is 23.5 Å². The zero-order chi connectivity index (χ0) is 14.5. The Morgan fingerprint density at radius 3 is 2.90 bits per heavy atom. The Kier molecular flexibility index (Phi) is 3.06. The second kappa shape index (κ2) is 4.53. The van der Waals surface area contributed by atoms with Crippen LogP contribution in [0.3, 0.4) is 0 Å².